The molecule has 33 heavy (non-hydrogen) atoms. The second-order valence-electron chi connectivity index (χ2n) is 8.07. The molecule has 4 heteroatoms. The Morgan fingerprint density at radius 1 is 0.697 bits per heavy atom. The number of hydrogen-bond donors (Lipinski definition) is 0. The molecule has 0 bridgehead atoms. The van der Waals surface area contributed by atoms with Crippen LogP contribution in [0.4, 0.5) is 0 Å². The number of nitrogens with zero attached hydrogens (tertiary/aromatic N) is 3. The zero-order valence-corrected chi connectivity index (χ0v) is 20.0. The average Bonchev–Trinajstić information content (AvgIpc) is 3.47. The summed E-state index contributed by atoms with van der Waals surface area (Å²) in [5, 5.41) is 4.72. The standard InChI is InChI=1S/C29H18N3.Ir/c1-2-7-21(8-3-1)32-27-12-5-4-9-24(27)26-19-20(13-14-28(26)32)22-10-6-11-25-23(22)15-17-31-18-16-30-29(25)31;/h1-10,12-19H;/q-1;. The first-order chi connectivity index (χ1) is 15.9. The fourth-order valence-electron chi connectivity index (χ4n) is 4.90. The van der Waals surface area contributed by atoms with Crippen molar-refractivity contribution in [1.82, 2.24) is 14.0 Å². The Morgan fingerprint density at radius 2 is 1.52 bits per heavy atom. The van der Waals surface area contributed by atoms with Crippen molar-refractivity contribution in [1.29, 1.82) is 0 Å². The van der Waals surface area contributed by atoms with E-state index in [9.17, 15) is 0 Å². The smallest absolute Gasteiger partial charge is 0.0603 e. The molecule has 3 aromatic heterocycles. The zero-order valence-electron chi connectivity index (χ0n) is 17.6. The summed E-state index contributed by atoms with van der Waals surface area (Å²) >= 11 is 0. The van der Waals surface area contributed by atoms with Gasteiger partial charge in [-0.1, -0.05) is 59.5 Å². The van der Waals surface area contributed by atoms with Gasteiger partial charge in [0.05, 0.1) is 16.7 Å². The summed E-state index contributed by atoms with van der Waals surface area (Å²) < 4.78 is 4.39. The van der Waals surface area contributed by atoms with Gasteiger partial charge in [-0.25, -0.2) is 0 Å². The molecule has 0 saturated carbocycles. The Bertz CT molecular complexity index is 1780. The van der Waals surface area contributed by atoms with Crippen LogP contribution in [0.25, 0.3) is 55.0 Å². The molecule has 0 atom stereocenters. The van der Waals surface area contributed by atoms with Gasteiger partial charge < -0.3 is 8.97 Å². The molecule has 0 amide bonds. The van der Waals surface area contributed by atoms with Crippen LogP contribution in [0.1, 0.15) is 0 Å². The summed E-state index contributed by atoms with van der Waals surface area (Å²) in [6.45, 7) is 0. The molecule has 3 heterocycles. The van der Waals surface area contributed by atoms with Crippen LogP contribution in [0.15, 0.2) is 110 Å². The Kier molecular flexibility index (Phi) is 4.65. The third-order valence-corrected chi connectivity index (χ3v) is 6.33. The summed E-state index contributed by atoms with van der Waals surface area (Å²) in [4.78, 5) is 4.54. The van der Waals surface area contributed by atoms with Crippen molar-refractivity contribution >= 4 is 38.2 Å². The molecular weight excluding hydrogens is 583 g/mol. The minimum absolute atomic E-state index is 0. The van der Waals surface area contributed by atoms with E-state index >= 15 is 0 Å². The number of imidazole rings is 1. The molecule has 159 valence electrons. The van der Waals surface area contributed by atoms with Crippen LogP contribution < -0.4 is 0 Å². The maximum atomic E-state index is 4.54. The normalized spacial score (nSPS) is 11.4. The van der Waals surface area contributed by atoms with E-state index in [0.29, 0.717) is 0 Å². The maximum absolute atomic E-state index is 4.54. The molecule has 0 saturated heterocycles. The summed E-state index contributed by atoms with van der Waals surface area (Å²) in [6.07, 6.45) is 5.88. The van der Waals surface area contributed by atoms with Gasteiger partial charge in [-0.15, -0.1) is 23.6 Å². The molecule has 4 aromatic carbocycles. The van der Waals surface area contributed by atoms with Gasteiger partial charge in [0.2, 0.25) is 0 Å². The Balaban J connectivity index is 0.00000206. The quantitative estimate of drug-likeness (QED) is 0.195. The van der Waals surface area contributed by atoms with Crippen molar-refractivity contribution < 1.29 is 20.1 Å². The topological polar surface area (TPSA) is 22.2 Å². The molecule has 0 N–H and O–H groups in total. The van der Waals surface area contributed by atoms with Crippen molar-refractivity contribution in [3.8, 4) is 16.8 Å². The van der Waals surface area contributed by atoms with E-state index in [-0.39, 0.29) is 20.1 Å². The molecular formula is C29H18IrN3-. The van der Waals surface area contributed by atoms with E-state index in [0.717, 1.165) is 16.4 Å². The molecule has 0 aliphatic rings. The van der Waals surface area contributed by atoms with Gasteiger partial charge in [-0.2, -0.15) is 0 Å². The van der Waals surface area contributed by atoms with Crippen molar-refractivity contribution in [2.24, 2.45) is 0 Å². The first-order valence-electron chi connectivity index (χ1n) is 10.7. The monoisotopic (exact) mass is 601 g/mol. The van der Waals surface area contributed by atoms with Crippen LogP contribution in [0.2, 0.25) is 0 Å². The predicted octanol–water partition coefficient (Wildman–Crippen LogP) is 7.05. The molecule has 0 aliphatic carbocycles. The van der Waals surface area contributed by atoms with Crippen LogP contribution in [-0.2, 0) is 20.1 Å². The van der Waals surface area contributed by atoms with Gasteiger partial charge in [-0.3, -0.25) is 4.98 Å². The van der Waals surface area contributed by atoms with E-state index in [1.54, 1.807) is 0 Å². The largest absolute Gasteiger partial charge is 0.347 e. The van der Waals surface area contributed by atoms with Crippen molar-refractivity contribution in [2.75, 3.05) is 0 Å². The van der Waals surface area contributed by atoms with Crippen LogP contribution in [-0.4, -0.2) is 14.0 Å². The van der Waals surface area contributed by atoms with Gasteiger partial charge in [0, 0.05) is 49.0 Å². The van der Waals surface area contributed by atoms with Crippen molar-refractivity contribution in [2.45, 2.75) is 0 Å². The van der Waals surface area contributed by atoms with E-state index in [1.165, 1.54) is 38.6 Å². The molecule has 0 aliphatic heterocycles. The van der Waals surface area contributed by atoms with E-state index in [2.05, 4.69) is 107 Å². The van der Waals surface area contributed by atoms with Crippen LogP contribution in [0, 0.1) is 6.07 Å². The Morgan fingerprint density at radius 3 is 2.42 bits per heavy atom. The molecule has 0 spiro atoms. The fraction of sp³-hybridized carbons (Fsp3) is 0. The molecule has 7 rings (SSSR count). The van der Waals surface area contributed by atoms with Gasteiger partial charge in [0.1, 0.15) is 0 Å². The van der Waals surface area contributed by atoms with E-state index in [4.69, 9.17) is 0 Å². The fourth-order valence-corrected chi connectivity index (χ4v) is 4.90. The number of fused-ring (bicyclic) bond motifs is 6. The average molecular weight is 601 g/mol. The molecule has 3 nitrogen and oxygen atoms in total. The third kappa shape index (κ3) is 2.96. The predicted molar refractivity (Wildman–Crippen MR) is 131 cm³/mol. The number of aromatic nitrogens is 3. The van der Waals surface area contributed by atoms with Gasteiger partial charge in [-0.05, 0) is 42.1 Å². The summed E-state index contributed by atoms with van der Waals surface area (Å²) in [6, 6.07) is 35.7. The second kappa shape index (κ2) is 7.70. The van der Waals surface area contributed by atoms with Gasteiger partial charge in [0.15, 0.2) is 0 Å². The van der Waals surface area contributed by atoms with Crippen molar-refractivity contribution in [3.05, 3.63) is 116 Å². The summed E-state index contributed by atoms with van der Waals surface area (Å²) in [5.74, 6) is 0. The van der Waals surface area contributed by atoms with Crippen LogP contribution in [0.3, 0.4) is 0 Å². The summed E-state index contributed by atoms with van der Waals surface area (Å²) in [7, 11) is 0. The Labute approximate surface area is 204 Å². The van der Waals surface area contributed by atoms with Crippen LogP contribution in [0.5, 0.6) is 0 Å². The minimum atomic E-state index is 0. The van der Waals surface area contributed by atoms with Gasteiger partial charge in [0.25, 0.3) is 0 Å². The maximum Gasteiger partial charge on any atom is 0.0603 e. The minimum Gasteiger partial charge on any atom is -0.347 e. The third-order valence-electron chi connectivity index (χ3n) is 6.33. The van der Waals surface area contributed by atoms with E-state index in [1.807, 2.05) is 22.9 Å². The molecule has 0 fully saturated rings. The zero-order chi connectivity index (χ0) is 21.1. The summed E-state index contributed by atoms with van der Waals surface area (Å²) in [5.41, 5.74) is 6.94. The number of para-hydroxylation sites is 2. The molecule has 7 aromatic rings. The first kappa shape index (κ1) is 19.9. The number of benzene rings is 4. The van der Waals surface area contributed by atoms with Crippen molar-refractivity contribution in [3.63, 3.8) is 0 Å². The SMILES string of the molecule is [Ir].[c-]1ccc(-c2ccc3c(c2)c2ccccc2n3-c2ccccc2)c2ccn3ccnc3c12. The van der Waals surface area contributed by atoms with Gasteiger partial charge >= 0.3 is 0 Å². The first-order valence-corrected chi connectivity index (χ1v) is 10.7. The Hall–Kier alpha value is -3.72. The van der Waals surface area contributed by atoms with Crippen LogP contribution >= 0.6 is 0 Å². The number of rotatable bonds is 2. The molecule has 1 radical (unpaired) electrons. The second-order valence-corrected chi connectivity index (χ2v) is 8.07. The number of pyridine rings is 1. The molecule has 0 unspecified atom stereocenters. The number of hydrogen-bond acceptors (Lipinski definition) is 1. The van der Waals surface area contributed by atoms with E-state index < -0.39 is 0 Å².